The van der Waals surface area contributed by atoms with E-state index < -0.39 is 11.6 Å². The summed E-state index contributed by atoms with van der Waals surface area (Å²) in [7, 11) is 0. The second kappa shape index (κ2) is 13.6. The van der Waals surface area contributed by atoms with E-state index in [2.05, 4.69) is 17.5 Å². The predicted octanol–water partition coefficient (Wildman–Crippen LogP) is 6.15. The van der Waals surface area contributed by atoms with Crippen molar-refractivity contribution in [1.82, 2.24) is 19.8 Å². The third-order valence-corrected chi connectivity index (χ3v) is 6.95. The van der Waals surface area contributed by atoms with Crippen LogP contribution in [0.1, 0.15) is 68.1 Å². The Morgan fingerprint density at radius 2 is 1.69 bits per heavy atom. The van der Waals surface area contributed by atoms with E-state index in [0.29, 0.717) is 53.6 Å². The Morgan fingerprint density at radius 1 is 1.04 bits per heavy atom. The smallest absolute Gasteiger partial charge is 0.326 e. The van der Waals surface area contributed by atoms with E-state index in [1.165, 1.54) is 4.90 Å². The SMILES string of the molecule is Cc1cc(C#N)cc(C)c1Oc1nc(Nc2ccc(C#N)cc2)nc2c1CN(C(=O)N(CC(=O)OC(C)(C)C)CC(C)C)CC2. The Bertz CT molecular complexity index is 1640. The molecule has 45 heavy (non-hydrogen) atoms. The maximum Gasteiger partial charge on any atom is 0.326 e. The molecule has 1 aliphatic heterocycles. The summed E-state index contributed by atoms with van der Waals surface area (Å²) in [5.41, 5.74) is 4.02. The first kappa shape index (κ1) is 32.7. The van der Waals surface area contributed by atoms with Gasteiger partial charge in [-0.15, -0.1) is 0 Å². The number of rotatable bonds is 8. The van der Waals surface area contributed by atoms with Crippen molar-refractivity contribution in [1.29, 1.82) is 10.5 Å². The number of hydrogen-bond donors (Lipinski definition) is 1. The summed E-state index contributed by atoms with van der Waals surface area (Å²) in [5, 5.41) is 21.8. The quantitative estimate of drug-likeness (QED) is 0.297. The van der Waals surface area contributed by atoms with E-state index in [-0.39, 0.29) is 30.9 Å². The average Bonchev–Trinajstić information content (AvgIpc) is 2.97. The molecule has 11 nitrogen and oxygen atoms in total. The van der Waals surface area contributed by atoms with Gasteiger partial charge < -0.3 is 24.6 Å². The first-order valence-electron chi connectivity index (χ1n) is 14.9. The maximum absolute atomic E-state index is 13.9. The second-order valence-electron chi connectivity index (χ2n) is 12.6. The van der Waals surface area contributed by atoms with Crippen molar-refractivity contribution in [2.45, 2.75) is 67.0 Å². The molecule has 0 saturated heterocycles. The van der Waals surface area contributed by atoms with Gasteiger partial charge in [0.1, 0.15) is 17.9 Å². The molecule has 1 aliphatic rings. The summed E-state index contributed by atoms with van der Waals surface area (Å²) in [6.45, 7) is 13.9. The monoisotopic (exact) mass is 609 g/mol. The zero-order valence-corrected chi connectivity index (χ0v) is 26.9. The van der Waals surface area contributed by atoms with Crippen molar-refractivity contribution >= 4 is 23.6 Å². The van der Waals surface area contributed by atoms with Crippen LogP contribution in [0.5, 0.6) is 11.6 Å². The number of fused-ring (bicyclic) bond motifs is 1. The van der Waals surface area contributed by atoms with Crippen molar-refractivity contribution in [3.05, 3.63) is 69.9 Å². The molecule has 2 aromatic carbocycles. The molecule has 1 aromatic heterocycles. The lowest BCUT2D eigenvalue weighted by Crippen LogP contribution is -2.49. The highest BCUT2D eigenvalue weighted by atomic mass is 16.6. The van der Waals surface area contributed by atoms with Crippen LogP contribution < -0.4 is 10.1 Å². The van der Waals surface area contributed by atoms with Crippen molar-refractivity contribution in [2.75, 3.05) is 25.0 Å². The standard InChI is InChI=1S/C34H39N7O4/c1-21(2)18-41(20-29(42)45-34(5,6)7)33(43)40-13-12-28-27(19-40)31(44-30-22(3)14-25(17-36)15-23(30)4)39-32(38-28)37-26-10-8-24(16-35)9-11-26/h8-11,14-15,21H,12-13,18-20H2,1-7H3,(H,37,38,39). The number of nitrogens with zero attached hydrogens (tertiary/aromatic N) is 6. The Kier molecular flexibility index (Phi) is 9.93. The lowest BCUT2D eigenvalue weighted by molar-refractivity contribution is -0.155. The zero-order valence-electron chi connectivity index (χ0n) is 26.9. The van der Waals surface area contributed by atoms with Gasteiger partial charge in [0.05, 0.1) is 41.1 Å². The highest BCUT2D eigenvalue weighted by Crippen LogP contribution is 2.35. The first-order valence-corrected chi connectivity index (χ1v) is 14.9. The second-order valence-corrected chi connectivity index (χ2v) is 12.6. The Labute approximate surface area is 264 Å². The third kappa shape index (κ3) is 8.48. The van der Waals surface area contributed by atoms with Gasteiger partial charge in [-0.2, -0.15) is 15.5 Å². The molecule has 2 amide bonds. The van der Waals surface area contributed by atoms with Gasteiger partial charge in [-0.1, -0.05) is 13.8 Å². The van der Waals surface area contributed by atoms with Gasteiger partial charge >= 0.3 is 12.0 Å². The van der Waals surface area contributed by atoms with Gasteiger partial charge in [-0.3, -0.25) is 4.79 Å². The molecule has 11 heteroatoms. The van der Waals surface area contributed by atoms with Crippen LogP contribution in [-0.2, 0) is 22.5 Å². The molecule has 0 radical (unpaired) electrons. The number of hydrogen-bond acceptors (Lipinski definition) is 9. The Morgan fingerprint density at radius 3 is 2.27 bits per heavy atom. The van der Waals surface area contributed by atoms with E-state index in [1.807, 2.05) is 27.7 Å². The molecule has 0 bridgehead atoms. The molecule has 0 aliphatic carbocycles. The molecule has 4 rings (SSSR count). The highest BCUT2D eigenvalue weighted by molar-refractivity contribution is 5.81. The minimum absolute atomic E-state index is 0.133. The van der Waals surface area contributed by atoms with E-state index in [9.17, 15) is 14.9 Å². The number of benzene rings is 2. The van der Waals surface area contributed by atoms with E-state index in [0.717, 1.165) is 16.8 Å². The van der Waals surface area contributed by atoms with Crippen LogP contribution in [0.3, 0.4) is 0 Å². The Hall–Kier alpha value is -5.16. The highest BCUT2D eigenvalue weighted by Gasteiger charge is 2.31. The minimum Gasteiger partial charge on any atom is -0.459 e. The summed E-state index contributed by atoms with van der Waals surface area (Å²) >= 11 is 0. The molecule has 234 valence electrons. The van der Waals surface area contributed by atoms with Crippen LogP contribution in [0.4, 0.5) is 16.4 Å². The van der Waals surface area contributed by atoms with Gasteiger partial charge in [0.2, 0.25) is 11.8 Å². The molecule has 1 N–H and O–H groups in total. The summed E-state index contributed by atoms with van der Waals surface area (Å²) in [6, 6.07) is 14.4. The summed E-state index contributed by atoms with van der Waals surface area (Å²) < 4.78 is 12.0. The number of urea groups is 1. The number of nitrogens with one attached hydrogen (secondary N) is 1. The molecule has 2 heterocycles. The molecule has 0 spiro atoms. The molecule has 0 fully saturated rings. The normalized spacial score (nSPS) is 12.5. The predicted molar refractivity (Wildman–Crippen MR) is 169 cm³/mol. The van der Waals surface area contributed by atoms with Crippen molar-refractivity contribution in [3.63, 3.8) is 0 Å². The summed E-state index contributed by atoms with van der Waals surface area (Å²) in [5.74, 6) is 0.824. The first-order chi connectivity index (χ1) is 21.3. The molecular formula is C34H39N7O4. The summed E-state index contributed by atoms with van der Waals surface area (Å²) in [4.78, 5) is 39.3. The number of nitriles is 2. The zero-order chi connectivity index (χ0) is 32.9. The van der Waals surface area contributed by atoms with E-state index in [1.54, 1.807) is 62.1 Å². The number of amides is 2. The number of aryl methyl sites for hydroxylation is 2. The molecular weight excluding hydrogens is 570 g/mol. The van der Waals surface area contributed by atoms with Crippen molar-refractivity contribution < 1.29 is 19.1 Å². The summed E-state index contributed by atoms with van der Waals surface area (Å²) in [6.07, 6.45) is 0.440. The minimum atomic E-state index is -0.664. The number of anilines is 2. The van der Waals surface area contributed by atoms with Crippen LogP contribution in [0.2, 0.25) is 0 Å². The molecule has 0 atom stereocenters. The fourth-order valence-corrected chi connectivity index (χ4v) is 5.10. The lowest BCUT2D eigenvalue weighted by atomic mass is 10.1. The van der Waals surface area contributed by atoms with E-state index >= 15 is 0 Å². The maximum atomic E-state index is 13.9. The fraction of sp³-hybridized carbons (Fsp3) is 0.412. The van der Waals surface area contributed by atoms with Gasteiger partial charge in [0.25, 0.3) is 0 Å². The van der Waals surface area contributed by atoms with Crippen molar-refractivity contribution in [2.24, 2.45) is 5.92 Å². The van der Waals surface area contributed by atoms with Crippen LogP contribution >= 0.6 is 0 Å². The van der Waals surface area contributed by atoms with Gasteiger partial charge in [-0.25, -0.2) is 9.78 Å². The Balaban J connectivity index is 1.68. The molecule has 0 saturated carbocycles. The third-order valence-electron chi connectivity index (χ3n) is 6.95. The lowest BCUT2D eigenvalue weighted by Gasteiger charge is -2.35. The van der Waals surface area contributed by atoms with Gasteiger partial charge in [-0.05, 0) is 88.1 Å². The number of carbonyl (C=O) groups excluding carboxylic acids is 2. The van der Waals surface area contributed by atoms with Crippen molar-refractivity contribution in [3.8, 4) is 23.8 Å². The van der Waals surface area contributed by atoms with E-state index in [4.69, 9.17) is 24.7 Å². The largest absolute Gasteiger partial charge is 0.459 e. The van der Waals surface area contributed by atoms with Crippen LogP contribution in [0, 0.1) is 42.4 Å². The topological polar surface area (TPSA) is 144 Å². The number of carbonyl (C=O) groups is 2. The average molecular weight is 610 g/mol. The number of esters is 1. The van der Waals surface area contributed by atoms with Crippen LogP contribution in [0.15, 0.2) is 36.4 Å². The number of aromatic nitrogens is 2. The fourth-order valence-electron chi connectivity index (χ4n) is 5.10. The van der Waals surface area contributed by atoms with Crippen LogP contribution in [0.25, 0.3) is 0 Å². The van der Waals surface area contributed by atoms with Gasteiger partial charge in [0.15, 0.2) is 0 Å². The van der Waals surface area contributed by atoms with Crippen LogP contribution in [-0.4, -0.2) is 57.0 Å². The number of ether oxygens (including phenoxy) is 2. The molecule has 3 aromatic rings. The molecule has 0 unspecified atom stereocenters. The van der Waals surface area contributed by atoms with Gasteiger partial charge in [0, 0.05) is 25.2 Å².